The van der Waals surface area contributed by atoms with Crippen molar-refractivity contribution in [2.45, 2.75) is 0 Å². The molecule has 2 rings (SSSR count). The minimum Gasteiger partial charge on any atom is -0.497 e. The standard InChI is InChI=1S/C17H17FN2O5/c1-23-11-5-6-12(15(9-11)24-2)16(21)19-10-4-7-13(18)14(8-10)20-17(22)25-3/h4-9H,1-3H3,(H,19,21)(H,20,22). The number of anilines is 2. The van der Waals surface area contributed by atoms with Gasteiger partial charge < -0.3 is 19.5 Å². The Hall–Kier alpha value is -3.29. The molecule has 25 heavy (non-hydrogen) atoms. The quantitative estimate of drug-likeness (QED) is 0.866. The van der Waals surface area contributed by atoms with E-state index in [1.165, 1.54) is 26.4 Å². The van der Waals surface area contributed by atoms with Crippen LogP contribution in [0.4, 0.5) is 20.6 Å². The molecule has 2 N–H and O–H groups in total. The fraction of sp³-hybridized carbons (Fsp3) is 0.176. The minimum absolute atomic E-state index is 0.119. The van der Waals surface area contributed by atoms with Gasteiger partial charge in [0.05, 0.1) is 32.6 Å². The summed E-state index contributed by atoms with van der Waals surface area (Å²) in [4.78, 5) is 23.6. The maximum absolute atomic E-state index is 13.7. The second-order valence-electron chi connectivity index (χ2n) is 4.83. The van der Waals surface area contributed by atoms with E-state index in [0.29, 0.717) is 11.5 Å². The highest BCUT2D eigenvalue weighted by molar-refractivity contribution is 6.06. The van der Waals surface area contributed by atoms with Crippen LogP contribution in [0.2, 0.25) is 0 Å². The van der Waals surface area contributed by atoms with Crippen molar-refractivity contribution in [3.63, 3.8) is 0 Å². The molecule has 7 nitrogen and oxygen atoms in total. The maximum atomic E-state index is 13.7. The fourth-order valence-electron chi connectivity index (χ4n) is 2.04. The Bertz CT molecular complexity index is 795. The summed E-state index contributed by atoms with van der Waals surface area (Å²) in [5, 5.41) is 4.83. The highest BCUT2D eigenvalue weighted by Crippen LogP contribution is 2.26. The summed E-state index contributed by atoms with van der Waals surface area (Å²) in [6.45, 7) is 0. The van der Waals surface area contributed by atoms with Crippen LogP contribution < -0.4 is 20.1 Å². The number of hydrogen-bond donors (Lipinski definition) is 2. The summed E-state index contributed by atoms with van der Waals surface area (Å²) >= 11 is 0. The number of amides is 2. The summed E-state index contributed by atoms with van der Waals surface area (Å²) in [6, 6.07) is 8.50. The number of carbonyl (C=O) groups is 2. The average molecular weight is 348 g/mol. The molecule has 2 aromatic carbocycles. The van der Waals surface area contributed by atoms with Gasteiger partial charge in [-0.25, -0.2) is 9.18 Å². The summed E-state index contributed by atoms with van der Waals surface area (Å²) in [6.07, 6.45) is -0.820. The van der Waals surface area contributed by atoms with Gasteiger partial charge in [-0.1, -0.05) is 0 Å². The van der Waals surface area contributed by atoms with Gasteiger partial charge in [-0.05, 0) is 30.3 Å². The van der Waals surface area contributed by atoms with Crippen LogP contribution in [0.1, 0.15) is 10.4 Å². The SMILES string of the molecule is COC(=O)Nc1cc(NC(=O)c2ccc(OC)cc2OC)ccc1F. The molecule has 0 unspecified atom stereocenters. The summed E-state index contributed by atoms with van der Waals surface area (Å²) < 4.78 is 28.4. The zero-order valence-corrected chi connectivity index (χ0v) is 13.9. The Morgan fingerprint density at radius 1 is 0.960 bits per heavy atom. The zero-order chi connectivity index (χ0) is 18.4. The van der Waals surface area contributed by atoms with Gasteiger partial charge in [0.2, 0.25) is 0 Å². The number of ether oxygens (including phenoxy) is 3. The monoisotopic (exact) mass is 348 g/mol. The molecule has 0 fully saturated rings. The third-order valence-electron chi connectivity index (χ3n) is 3.30. The second kappa shape index (κ2) is 8.00. The van der Waals surface area contributed by atoms with Crippen LogP contribution in [0.25, 0.3) is 0 Å². The van der Waals surface area contributed by atoms with Crippen LogP contribution in [0, 0.1) is 5.82 Å². The number of hydrogen-bond acceptors (Lipinski definition) is 5. The van der Waals surface area contributed by atoms with Gasteiger partial charge in [0.25, 0.3) is 5.91 Å². The van der Waals surface area contributed by atoms with E-state index in [0.717, 1.165) is 13.2 Å². The maximum Gasteiger partial charge on any atom is 0.411 e. The van der Waals surface area contributed by atoms with Crippen molar-refractivity contribution < 1.29 is 28.2 Å². The Morgan fingerprint density at radius 2 is 1.72 bits per heavy atom. The third kappa shape index (κ3) is 4.37. The molecule has 0 saturated heterocycles. The normalized spacial score (nSPS) is 9.92. The molecule has 0 aliphatic carbocycles. The molecule has 0 bridgehead atoms. The van der Waals surface area contributed by atoms with Gasteiger partial charge in [-0.15, -0.1) is 0 Å². The van der Waals surface area contributed by atoms with Gasteiger partial charge >= 0.3 is 6.09 Å². The highest BCUT2D eigenvalue weighted by Gasteiger charge is 2.15. The summed E-state index contributed by atoms with van der Waals surface area (Å²) in [5.41, 5.74) is 0.442. The molecular formula is C17H17FN2O5. The Balaban J connectivity index is 2.23. The molecule has 0 saturated carbocycles. The van der Waals surface area contributed by atoms with Crippen molar-refractivity contribution in [1.29, 1.82) is 0 Å². The molecule has 0 aliphatic heterocycles. The fourth-order valence-corrected chi connectivity index (χ4v) is 2.04. The molecule has 132 valence electrons. The number of halogens is 1. The van der Waals surface area contributed by atoms with Crippen molar-refractivity contribution in [2.75, 3.05) is 32.0 Å². The van der Waals surface area contributed by atoms with E-state index < -0.39 is 17.8 Å². The first-order chi connectivity index (χ1) is 12.0. The minimum atomic E-state index is -0.820. The number of carbonyl (C=O) groups excluding carboxylic acids is 2. The molecule has 0 heterocycles. The highest BCUT2D eigenvalue weighted by atomic mass is 19.1. The topological polar surface area (TPSA) is 85.9 Å². The summed E-state index contributed by atoms with van der Waals surface area (Å²) in [7, 11) is 4.10. The first-order valence-electron chi connectivity index (χ1n) is 7.16. The number of benzene rings is 2. The zero-order valence-electron chi connectivity index (χ0n) is 13.9. The van der Waals surface area contributed by atoms with Crippen molar-refractivity contribution in [3.8, 4) is 11.5 Å². The van der Waals surface area contributed by atoms with E-state index in [1.807, 2.05) is 0 Å². The Labute approximate surface area is 143 Å². The lowest BCUT2D eigenvalue weighted by Gasteiger charge is -2.12. The van der Waals surface area contributed by atoms with Crippen LogP contribution >= 0.6 is 0 Å². The summed E-state index contributed by atoms with van der Waals surface area (Å²) in [5.74, 6) is -0.257. The van der Waals surface area contributed by atoms with Crippen molar-refractivity contribution in [2.24, 2.45) is 0 Å². The van der Waals surface area contributed by atoms with Gasteiger partial charge in [0.1, 0.15) is 17.3 Å². The first kappa shape index (κ1) is 18.1. The van der Waals surface area contributed by atoms with Crippen LogP contribution in [0.3, 0.4) is 0 Å². The molecule has 2 aromatic rings. The Morgan fingerprint density at radius 3 is 2.36 bits per heavy atom. The first-order valence-corrected chi connectivity index (χ1v) is 7.16. The van der Waals surface area contributed by atoms with E-state index in [1.54, 1.807) is 18.2 Å². The molecule has 2 amide bonds. The predicted octanol–water partition coefficient (Wildman–Crippen LogP) is 3.27. The van der Waals surface area contributed by atoms with E-state index in [2.05, 4.69) is 15.4 Å². The largest absolute Gasteiger partial charge is 0.497 e. The van der Waals surface area contributed by atoms with Gasteiger partial charge in [-0.3, -0.25) is 10.1 Å². The molecule has 0 aromatic heterocycles. The molecule has 0 atom stereocenters. The lowest BCUT2D eigenvalue weighted by atomic mass is 10.1. The van der Waals surface area contributed by atoms with Crippen LogP contribution in [-0.2, 0) is 4.74 Å². The molecule has 0 spiro atoms. The second-order valence-corrected chi connectivity index (χ2v) is 4.83. The molecular weight excluding hydrogens is 331 g/mol. The lowest BCUT2D eigenvalue weighted by Crippen LogP contribution is -2.15. The van der Waals surface area contributed by atoms with Crippen molar-refractivity contribution >= 4 is 23.4 Å². The van der Waals surface area contributed by atoms with E-state index >= 15 is 0 Å². The van der Waals surface area contributed by atoms with Gasteiger partial charge in [0, 0.05) is 11.8 Å². The predicted molar refractivity (Wildman–Crippen MR) is 89.9 cm³/mol. The van der Waals surface area contributed by atoms with E-state index in [-0.39, 0.29) is 16.9 Å². The van der Waals surface area contributed by atoms with Crippen LogP contribution in [0.15, 0.2) is 36.4 Å². The van der Waals surface area contributed by atoms with Crippen LogP contribution in [0.5, 0.6) is 11.5 Å². The number of methoxy groups -OCH3 is 3. The van der Waals surface area contributed by atoms with Crippen molar-refractivity contribution in [3.05, 3.63) is 47.8 Å². The molecule has 0 aliphatic rings. The number of nitrogens with one attached hydrogen (secondary N) is 2. The molecule has 8 heteroatoms. The smallest absolute Gasteiger partial charge is 0.411 e. The Kier molecular flexibility index (Phi) is 5.78. The lowest BCUT2D eigenvalue weighted by molar-refractivity contribution is 0.102. The average Bonchev–Trinajstić information content (AvgIpc) is 2.63. The number of rotatable bonds is 5. The van der Waals surface area contributed by atoms with Gasteiger partial charge in [-0.2, -0.15) is 0 Å². The third-order valence-corrected chi connectivity index (χ3v) is 3.30. The van der Waals surface area contributed by atoms with Crippen molar-refractivity contribution in [1.82, 2.24) is 0 Å². The van der Waals surface area contributed by atoms with E-state index in [9.17, 15) is 14.0 Å². The van der Waals surface area contributed by atoms with Crippen LogP contribution in [-0.4, -0.2) is 33.3 Å². The van der Waals surface area contributed by atoms with E-state index in [4.69, 9.17) is 9.47 Å². The van der Waals surface area contributed by atoms with Gasteiger partial charge in [0.15, 0.2) is 0 Å². The molecule has 0 radical (unpaired) electrons.